The van der Waals surface area contributed by atoms with Crippen molar-refractivity contribution in [3.05, 3.63) is 16.6 Å². The van der Waals surface area contributed by atoms with Crippen LogP contribution in [0.5, 0.6) is 0 Å². The van der Waals surface area contributed by atoms with E-state index < -0.39 is 0 Å². The van der Waals surface area contributed by atoms with E-state index in [4.69, 9.17) is 10.2 Å². The molecular weight excluding hydrogens is 188 g/mol. The summed E-state index contributed by atoms with van der Waals surface area (Å²) in [7, 11) is 0. The van der Waals surface area contributed by atoms with Gasteiger partial charge in [0, 0.05) is 30.7 Å². The Hall–Kier alpha value is -0.490. The molecule has 0 aliphatic heterocycles. The highest BCUT2D eigenvalue weighted by Crippen LogP contribution is 2.08. The summed E-state index contributed by atoms with van der Waals surface area (Å²) in [5.41, 5.74) is 1.78. The number of aliphatic hydroxyl groups is 2. The maximum absolute atomic E-state index is 8.76. The second kappa shape index (κ2) is 6.04. The zero-order chi connectivity index (χ0) is 9.52. The van der Waals surface area contributed by atoms with Crippen molar-refractivity contribution in [3.63, 3.8) is 0 Å². The molecule has 1 heterocycles. The van der Waals surface area contributed by atoms with E-state index >= 15 is 0 Å². The highest BCUT2D eigenvalue weighted by molar-refractivity contribution is 7.09. The van der Waals surface area contributed by atoms with E-state index in [1.165, 1.54) is 0 Å². The highest BCUT2D eigenvalue weighted by Gasteiger charge is 2.05. The van der Waals surface area contributed by atoms with Crippen LogP contribution in [-0.4, -0.2) is 46.4 Å². The predicted octanol–water partition coefficient (Wildman–Crippen LogP) is -0.0703. The molecule has 0 bridgehead atoms. The molecule has 0 atom stereocenters. The van der Waals surface area contributed by atoms with E-state index in [1.807, 2.05) is 11.1 Å². The fourth-order valence-corrected chi connectivity index (χ4v) is 1.73. The molecule has 5 heteroatoms. The van der Waals surface area contributed by atoms with E-state index in [9.17, 15) is 0 Å². The van der Waals surface area contributed by atoms with Gasteiger partial charge in [-0.2, -0.15) is 0 Å². The van der Waals surface area contributed by atoms with Crippen LogP contribution in [0.1, 0.15) is 4.88 Å². The fourth-order valence-electron chi connectivity index (χ4n) is 1.09. The normalized spacial score (nSPS) is 11.0. The van der Waals surface area contributed by atoms with Gasteiger partial charge in [0.05, 0.1) is 18.7 Å². The SMILES string of the molecule is OCCN(CCO)Cc1cncs1. The zero-order valence-corrected chi connectivity index (χ0v) is 8.20. The molecule has 0 aliphatic carbocycles. The molecule has 1 aromatic heterocycles. The number of hydrogen-bond donors (Lipinski definition) is 2. The molecule has 1 rings (SSSR count). The maximum atomic E-state index is 8.76. The number of nitrogens with zero attached hydrogens (tertiary/aromatic N) is 2. The fraction of sp³-hybridized carbons (Fsp3) is 0.625. The van der Waals surface area contributed by atoms with Gasteiger partial charge in [0.1, 0.15) is 0 Å². The van der Waals surface area contributed by atoms with Crippen molar-refractivity contribution < 1.29 is 10.2 Å². The van der Waals surface area contributed by atoms with Crippen molar-refractivity contribution in [3.8, 4) is 0 Å². The third kappa shape index (κ3) is 3.82. The van der Waals surface area contributed by atoms with Crippen LogP contribution in [0.15, 0.2) is 11.7 Å². The third-order valence-electron chi connectivity index (χ3n) is 1.70. The summed E-state index contributed by atoms with van der Waals surface area (Å²) in [6.07, 6.45) is 1.81. The molecular formula is C8H14N2O2S. The minimum Gasteiger partial charge on any atom is -0.395 e. The van der Waals surface area contributed by atoms with Gasteiger partial charge in [-0.15, -0.1) is 11.3 Å². The summed E-state index contributed by atoms with van der Waals surface area (Å²) in [5, 5.41) is 17.5. The van der Waals surface area contributed by atoms with Crippen LogP contribution in [-0.2, 0) is 6.54 Å². The summed E-state index contributed by atoms with van der Waals surface area (Å²) >= 11 is 1.59. The molecule has 0 aliphatic rings. The summed E-state index contributed by atoms with van der Waals surface area (Å²) in [5.74, 6) is 0. The van der Waals surface area contributed by atoms with E-state index in [0.717, 1.165) is 11.4 Å². The predicted molar refractivity (Wildman–Crippen MR) is 51.6 cm³/mol. The van der Waals surface area contributed by atoms with Gasteiger partial charge < -0.3 is 10.2 Å². The van der Waals surface area contributed by atoms with Crippen molar-refractivity contribution in [1.29, 1.82) is 0 Å². The average Bonchev–Trinajstić information content (AvgIpc) is 2.58. The highest BCUT2D eigenvalue weighted by atomic mass is 32.1. The molecule has 0 amide bonds. The molecule has 0 saturated carbocycles. The Morgan fingerprint density at radius 2 is 2.00 bits per heavy atom. The minimum atomic E-state index is 0.124. The van der Waals surface area contributed by atoms with Crippen LogP contribution in [0.4, 0.5) is 0 Å². The first-order valence-corrected chi connectivity index (χ1v) is 5.06. The summed E-state index contributed by atoms with van der Waals surface area (Å²) in [4.78, 5) is 7.11. The van der Waals surface area contributed by atoms with Crippen LogP contribution in [0.25, 0.3) is 0 Å². The monoisotopic (exact) mass is 202 g/mol. The summed E-state index contributed by atoms with van der Waals surface area (Å²) in [6, 6.07) is 0. The minimum absolute atomic E-state index is 0.124. The van der Waals surface area contributed by atoms with Crippen molar-refractivity contribution in [1.82, 2.24) is 9.88 Å². The van der Waals surface area contributed by atoms with Gasteiger partial charge in [0.2, 0.25) is 0 Å². The van der Waals surface area contributed by atoms with Crippen LogP contribution in [0.3, 0.4) is 0 Å². The van der Waals surface area contributed by atoms with E-state index in [2.05, 4.69) is 4.98 Å². The van der Waals surface area contributed by atoms with Crippen LogP contribution in [0.2, 0.25) is 0 Å². The number of aromatic nitrogens is 1. The van der Waals surface area contributed by atoms with Crippen molar-refractivity contribution >= 4 is 11.3 Å². The van der Waals surface area contributed by atoms with Crippen LogP contribution < -0.4 is 0 Å². The molecule has 1 aromatic rings. The van der Waals surface area contributed by atoms with Gasteiger partial charge in [-0.25, -0.2) is 0 Å². The van der Waals surface area contributed by atoms with Gasteiger partial charge in [-0.3, -0.25) is 9.88 Å². The topological polar surface area (TPSA) is 56.6 Å². The van der Waals surface area contributed by atoms with Crippen LogP contribution >= 0.6 is 11.3 Å². The van der Waals surface area contributed by atoms with E-state index in [-0.39, 0.29) is 13.2 Å². The molecule has 0 aromatic carbocycles. The number of thiazole rings is 1. The first kappa shape index (κ1) is 10.6. The van der Waals surface area contributed by atoms with Crippen molar-refractivity contribution in [2.75, 3.05) is 26.3 Å². The Bertz CT molecular complexity index is 210. The Morgan fingerprint density at radius 3 is 2.46 bits per heavy atom. The molecule has 13 heavy (non-hydrogen) atoms. The quantitative estimate of drug-likeness (QED) is 0.678. The van der Waals surface area contributed by atoms with E-state index in [0.29, 0.717) is 13.1 Å². The number of hydrogen-bond acceptors (Lipinski definition) is 5. The number of rotatable bonds is 6. The molecule has 0 unspecified atom stereocenters. The molecule has 4 nitrogen and oxygen atoms in total. The second-order valence-electron chi connectivity index (χ2n) is 2.69. The Balaban J connectivity index is 2.37. The van der Waals surface area contributed by atoms with E-state index in [1.54, 1.807) is 16.8 Å². The maximum Gasteiger partial charge on any atom is 0.0794 e. The molecule has 0 fully saturated rings. The lowest BCUT2D eigenvalue weighted by Gasteiger charge is -2.18. The van der Waals surface area contributed by atoms with Crippen LogP contribution in [0, 0.1) is 0 Å². The third-order valence-corrected chi connectivity index (χ3v) is 2.46. The summed E-state index contributed by atoms with van der Waals surface area (Å²) in [6.45, 7) is 2.19. The standard InChI is InChI=1S/C8H14N2O2S/c11-3-1-10(2-4-12)6-8-5-9-7-13-8/h5,7,11-12H,1-4,6H2. The Morgan fingerprint density at radius 1 is 1.31 bits per heavy atom. The largest absolute Gasteiger partial charge is 0.395 e. The molecule has 0 spiro atoms. The Labute approximate surface area is 81.5 Å². The van der Waals surface area contributed by atoms with Gasteiger partial charge in [0.25, 0.3) is 0 Å². The first-order valence-electron chi connectivity index (χ1n) is 4.18. The number of aliphatic hydroxyl groups excluding tert-OH is 2. The van der Waals surface area contributed by atoms with Crippen molar-refractivity contribution in [2.45, 2.75) is 6.54 Å². The molecule has 2 N–H and O–H groups in total. The lowest BCUT2D eigenvalue weighted by molar-refractivity contribution is 0.157. The second-order valence-corrected chi connectivity index (χ2v) is 3.66. The Kier molecular flexibility index (Phi) is 4.92. The summed E-state index contributed by atoms with van der Waals surface area (Å²) < 4.78 is 0. The zero-order valence-electron chi connectivity index (χ0n) is 7.39. The molecule has 0 radical (unpaired) electrons. The first-order chi connectivity index (χ1) is 6.36. The van der Waals surface area contributed by atoms with Gasteiger partial charge in [0.15, 0.2) is 0 Å². The van der Waals surface area contributed by atoms with Gasteiger partial charge in [-0.05, 0) is 0 Å². The molecule has 74 valence electrons. The lowest BCUT2D eigenvalue weighted by Crippen LogP contribution is -2.28. The average molecular weight is 202 g/mol. The van der Waals surface area contributed by atoms with Gasteiger partial charge >= 0.3 is 0 Å². The van der Waals surface area contributed by atoms with Gasteiger partial charge in [-0.1, -0.05) is 0 Å². The molecule has 0 saturated heterocycles. The smallest absolute Gasteiger partial charge is 0.0794 e. The lowest BCUT2D eigenvalue weighted by atomic mass is 10.4. The van der Waals surface area contributed by atoms with Crippen molar-refractivity contribution in [2.24, 2.45) is 0 Å².